The molecule has 0 spiro atoms. The van der Waals surface area contributed by atoms with Crippen molar-refractivity contribution in [1.82, 2.24) is 20.3 Å². The molecule has 8 heteroatoms. The first-order valence-electron chi connectivity index (χ1n) is 7.39. The zero-order chi connectivity index (χ0) is 17.2. The van der Waals surface area contributed by atoms with E-state index in [0.717, 1.165) is 5.52 Å². The Labute approximate surface area is 146 Å². The number of ether oxygens (including phenoxy) is 1. The summed E-state index contributed by atoms with van der Waals surface area (Å²) >= 11 is 5.94. The smallest absolute Gasteiger partial charge is 0.359 e. The number of hydrogen-bond donors (Lipinski definition) is 1. The van der Waals surface area contributed by atoms with Crippen molar-refractivity contribution >= 4 is 28.5 Å². The van der Waals surface area contributed by atoms with Crippen LogP contribution in [0.15, 0.2) is 53.1 Å². The molecule has 0 amide bonds. The van der Waals surface area contributed by atoms with Gasteiger partial charge in [0, 0.05) is 16.0 Å². The molecular weight excluding hydrogens is 344 g/mol. The molecule has 124 valence electrons. The second-order valence-electron chi connectivity index (χ2n) is 5.22. The number of aromatic amines is 1. The summed E-state index contributed by atoms with van der Waals surface area (Å²) in [5, 5.41) is 11.9. The average Bonchev–Trinajstić information content (AvgIpc) is 3.27. The largest absolute Gasteiger partial charge is 0.451 e. The zero-order valence-corrected chi connectivity index (χ0v) is 13.5. The number of halogens is 1. The van der Waals surface area contributed by atoms with Gasteiger partial charge in [0.25, 0.3) is 5.89 Å². The lowest BCUT2D eigenvalue weighted by Gasteiger charge is -1.99. The Hall–Kier alpha value is -3.19. The molecule has 4 aromatic rings. The number of para-hydroxylation sites is 1. The van der Waals surface area contributed by atoms with Crippen LogP contribution in [-0.4, -0.2) is 26.3 Å². The van der Waals surface area contributed by atoms with E-state index < -0.39 is 5.97 Å². The van der Waals surface area contributed by atoms with Gasteiger partial charge in [-0.15, -0.1) is 0 Å². The fourth-order valence-corrected chi connectivity index (χ4v) is 2.56. The van der Waals surface area contributed by atoms with Gasteiger partial charge < -0.3 is 9.26 Å². The highest BCUT2D eigenvalue weighted by Gasteiger charge is 2.17. The Balaban J connectivity index is 1.47. The predicted molar refractivity (Wildman–Crippen MR) is 90.0 cm³/mol. The van der Waals surface area contributed by atoms with E-state index in [0.29, 0.717) is 21.8 Å². The van der Waals surface area contributed by atoms with Gasteiger partial charge in [-0.2, -0.15) is 10.1 Å². The van der Waals surface area contributed by atoms with Gasteiger partial charge in [0.15, 0.2) is 12.3 Å². The van der Waals surface area contributed by atoms with E-state index in [4.69, 9.17) is 20.9 Å². The van der Waals surface area contributed by atoms with Gasteiger partial charge in [-0.25, -0.2) is 4.79 Å². The second-order valence-corrected chi connectivity index (χ2v) is 5.65. The summed E-state index contributed by atoms with van der Waals surface area (Å²) in [5.41, 5.74) is 1.69. The number of carbonyl (C=O) groups is 1. The van der Waals surface area contributed by atoms with Crippen molar-refractivity contribution in [2.45, 2.75) is 6.61 Å². The number of nitrogens with one attached hydrogen (secondary N) is 1. The van der Waals surface area contributed by atoms with E-state index in [1.165, 1.54) is 0 Å². The molecule has 0 aliphatic heterocycles. The van der Waals surface area contributed by atoms with Crippen LogP contribution in [0.3, 0.4) is 0 Å². The summed E-state index contributed by atoms with van der Waals surface area (Å²) in [6.45, 7) is -0.145. The standard InChI is InChI=1S/C17H11ClN4O3/c18-11-5-3-4-10(8-11)16-19-14(25-22-16)9-24-17(23)15-12-6-1-2-7-13(12)20-21-15/h1-8H,9H2,(H,20,21). The number of H-pyrrole nitrogens is 1. The summed E-state index contributed by atoms with van der Waals surface area (Å²) in [7, 11) is 0. The minimum atomic E-state index is -0.569. The number of fused-ring (bicyclic) bond motifs is 1. The van der Waals surface area contributed by atoms with E-state index in [-0.39, 0.29) is 18.2 Å². The first-order chi connectivity index (χ1) is 12.2. The van der Waals surface area contributed by atoms with Crippen molar-refractivity contribution < 1.29 is 14.1 Å². The molecule has 0 aliphatic rings. The fourth-order valence-electron chi connectivity index (χ4n) is 2.37. The number of hydrogen-bond acceptors (Lipinski definition) is 6. The SMILES string of the molecule is O=C(OCc1nc(-c2cccc(Cl)c2)no1)c1n[nH]c2ccccc12. The minimum absolute atomic E-state index is 0.145. The van der Waals surface area contributed by atoms with E-state index in [1.54, 1.807) is 24.3 Å². The van der Waals surface area contributed by atoms with E-state index in [1.807, 2.05) is 24.3 Å². The quantitative estimate of drug-likeness (QED) is 0.562. The topological polar surface area (TPSA) is 93.9 Å². The summed E-state index contributed by atoms with van der Waals surface area (Å²) in [4.78, 5) is 16.4. The Morgan fingerprint density at radius 1 is 1.20 bits per heavy atom. The third-order valence-electron chi connectivity index (χ3n) is 3.54. The minimum Gasteiger partial charge on any atom is -0.451 e. The van der Waals surface area contributed by atoms with E-state index >= 15 is 0 Å². The maximum atomic E-state index is 12.2. The normalized spacial score (nSPS) is 10.9. The predicted octanol–water partition coefficient (Wildman–Crippen LogP) is 3.62. The molecule has 0 atom stereocenters. The molecule has 2 heterocycles. The molecule has 0 fully saturated rings. The molecule has 4 rings (SSSR count). The Morgan fingerprint density at radius 3 is 2.96 bits per heavy atom. The van der Waals surface area contributed by atoms with Gasteiger partial charge in [-0.05, 0) is 18.2 Å². The van der Waals surface area contributed by atoms with E-state index in [2.05, 4.69) is 20.3 Å². The number of rotatable bonds is 4. The second kappa shape index (κ2) is 6.37. The van der Waals surface area contributed by atoms with Crippen LogP contribution < -0.4 is 0 Å². The molecule has 0 saturated heterocycles. The zero-order valence-electron chi connectivity index (χ0n) is 12.8. The number of nitrogens with zero attached hydrogens (tertiary/aromatic N) is 3. The molecule has 25 heavy (non-hydrogen) atoms. The molecular formula is C17H11ClN4O3. The lowest BCUT2D eigenvalue weighted by Crippen LogP contribution is -2.06. The molecule has 1 N–H and O–H groups in total. The van der Waals surface area contributed by atoms with E-state index in [9.17, 15) is 4.79 Å². The Bertz CT molecular complexity index is 1060. The van der Waals surface area contributed by atoms with Crippen molar-refractivity contribution in [3.63, 3.8) is 0 Å². The maximum absolute atomic E-state index is 12.2. The van der Waals surface area contributed by atoms with Crippen molar-refractivity contribution in [3.05, 3.63) is 65.1 Å². The highest BCUT2D eigenvalue weighted by Crippen LogP contribution is 2.20. The summed E-state index contributed by atoms with van der Waals surface area (Å²) < 4.78 is 10.3. The van der Waals surface area contributed by atoms with Gasteiger partial charge in [-0.1, -0.05) is 47.1 Å². The number of aromatic nitrogens is 4. The molecule has 2 aromatic heterocycles. The third kappa shape index (κ3) is 3.09. The van der Waals surface area contributed by atoms with Crippen molar-refractivity contribution in [2.75, 3.05) is 0 Å². The van der Waals surface area contributed by atoms with Crippen LogP contribution >= 0.6 is 11.6 Å². The molecule has 0 bridgehead atoms. The molecule has 0 radical (unpaired) electrons. The third-order valence-corrected chi connectivity index (χ3v) is 3.78. The number of esters is 1. The van der Waals surface area contributed by atoms with Gasteiger partial charge in [0.1, 0.15) is 0 Å². The lowest BCUT2D eigenvalue weighted by atomic mass is 10.2. The van der Waals surface area contributed by atoms with Gasteiger partial charge in [0.2, 0.25) is 5.82 Å². The molecule has 7 nitrogen and oxygen atoms in total. The Morgan fingerprint density at radius 2 is 2.08 bits per heavy atom. The number of carbonyl (C=O) groups excluding carboxylic acids is 1. The molecule has 2 aromatic carbocycles. The Kier molecular flexibility index (Phi) is 3.91. The maximum Gasteiger partial charge on any atom is 0.359 e. The average molecular weight is 355 g/mol. The number of benzene rings is 2. The molecule has 0 unspecified atom stereocenters. The van der Waals surface area contributed by atoms with Gasteiger partial charge in [0.05, 0.1) is 5.52 Å². The molecule has 0 saturated carbocycles. The van der Waals surface area contributed by atoms with Crippen LogP contribution in [0, 0.1) is 0 Å². The molecule has 0 aliphatic carbocycles. The monoisotopic (exact) mass is 354 g/mol. The lowest BCUT2D eigenvalue weighted by molar-refractivity contribution is 0.0425. The fraction of sp³-hybridized carbons (Fsp3) is 0.0588. The van der Waals surface area contributed by atoms with Gasteiger partial charge >= 0.3 is 5.97 Å². The van der Waals surface area contributed by atoms with Crippen LogP contribution in [0.5, 0.6) is 0 Å². The highest BCUT2D eigenvalue weighted by molar-refractivity contribution is 6.30. The highest BCUT2D eigenvalue weighted by atomic mass is 35.5. The van der Waals surface area contributed by atoms with Crippen LogP contribution in [0.1, 0.15) is 16.4 Å². The van der Waals surface area contributed by atoms with Gasteiger partial charge in [-0.3, -0.25) is 5.10 Å². The van der Waals surface area contributed by atoms with Crippen molar-refractivity contribution in [2.24, 2.45) is 0 Å². The first kappa shape index (κ1) is 15.3. The summed E-state index contributed by atoms with van der Waals surface area (Å²) in [6, 6.07) is 14.4. The first-order valence-corrected chi connectivity index (χ1v) is 7.77. The van der Waals surface area contributed by atoms with Crippen LogP contribution in [0.25, 0.3) is 22.3 Å². The van der Waals surface area contributed by atoms with Crippen molar-refractivity contribution in [3.8, 4) is 11.4 Å². The summed E-state index contributed by atoms with van der Waals surface area (Å²) in [5.74, 6) is -0.0121. The van der Waals surface area contributed by atoms with Crippen LogP contribution in [0.4, 0.5) is 0 Å². The van der Waals surface area contributed by atoms with Crippen LogP contribution in [0.2, 0.25) is 5.02 Å². The summed E-state index contributed by atoms with van der Waals surface area (Å²) in [6.07, 6.45) is 0. The van der Waals surface area contributed by atoms with Crippen LogP contribution in [-0.2, 0) is 11.3 Å². The van der Waals surface area contributed by atoms with Crippen molar-refractivity contribution in [1.29, 1.82) is 0 Å².